The van der Waals surface area contributed by atoms with E-state index in [2.05, 4.69) is 26.2 Å². The minimum atomic E-state index is -0.192. The predicted molar refractivity (Wildman–Crippen MR) is 133 cm³/mol. The molecule has 0 saturated heterocycles. The van der Waals surface area contributed by atoms with E-state index in [4.69, 9.17) is 0 Å². The molecule has 0 aliphatic rings. The van der Waals surface area contributed by atoms with Gasteiger partial charge in [0.05, 0.1) is 16.0 Å². The first-order chi connectivity index (χ1) is 15.1. The second kappa shape index (κ2) is 10.0. The summed E-state index contributed by atoms with van der Waals surface area (Å²) in [5.41, 5.74) is 3.21. The molecule has 1 aromatic heterocycles. The Morgan fingerprint density at radius 3 is 2.58 bits per heavy atom. The van der Waals surface area contributed by atoms with Crippen molar-refractivity contribution in [2.45, 2.75) is 4.34 Å². The lowest BCUT2D eigenvalue weighted by molar-refractivity contribution is -0.111. The van der Waals surface area contributed by atoms with Gasteiger partial charge in [0, 0.05) is 21.8 Å². The molecule has 0 fully saturated rings. The Labute approximate surface area is 196 Å². The summed E-state index contributed by atoms with van der Waals surface area (Å²) in [6.45, 7) is 0. The molecule has 0 atom stereocenters. The highest BCUT2D eigenvalue weighted by Gasteiger charge is 2.11. The Balaban J connectivity index is 1.38. The maximum Gasteiger partial charge on any atom is 0.248 e. The van der Waals surface area contributed by atoms with E-state index in [0.717, 1.165) is 24.6 Å². The monoisotopic (exact) mass is 508 g/mol. The van der Waals surface area contributed by atoms with Gasteiger partial charge in [-0.05, 0) is 42.0 Å². The molecule has 0 aliphatic heterocycles. The molecule has 3 aromatic carbocycles. The summed E-state index contributed by atoms with van der Waals surface area (Å²) in [7, 11) is 0. The molecule has 154 valence electrons. The van der Waals surface area contributed by atoms with Crippen LogP contribution in [0.1, 0.15) is 15.9 Å². The lowest BCUT2D eigenvalue weighted by Gasteiger charge is -2.01. The fraction of sp³-hybridized carbons (Fsp3) is 0.0417. The standard InChI is InChI=1S/C24H17BrN2O2S2/c25-18-9-7-17(8-10-18)21(28)15-30-24-27-20-12-11-19(14-22(20)31-24)26-23(29)13-6-16-4-2-1-3-5-16/h1-14H,15H2,(H,26,29)/b13-6+. The highest BCUT2D eigenvalue weighted by Crippen LogP contribution is 2.31. The van der Waals surface area contributed by atoms with Crippen molar-refractivity contribution in [1.82, 2.24) is 4.98 Å². The molecule has 1 amide bonds. The van der Waals surface area contributed by atoms with Crippen LogP contribution in [0.25, 0.3) is 16.3 Å². The number of halogens is 1. The van der Waals surface area contributed by atoms with Crippen LogP contribution in [0.3, 0.4) is 0 Å². The van der Waals surface area contributed by atoms with Gasteiger partial charge in [-0.1, -0.05) is 70.2 Å². The van der Waals surface area contributed by atoms with Gasteiger partial charge in [0.15, 0.2) is 10.1 Å². The lowest BCUT2D eigenvalue weighted by Crippen LogP contribution is -2.07. The third-order valence-electron chi connectivity index (χ3n) is 4.36. The average Bonchev–Trinajstić information content (AvgIpc) is 3.19. The minimum absolute atomic E-state index is 0.0647. The number of rotatable bonds is 7. The summed E-state index contributed by atoms with van der Waals surface area (Å²) < 4.78 is 2.73. The van der Waals surface area contributed by atoms with Gasteiger partial charge in [0.1, 0.15) is 0 Å². The van der Waals surface area contributed by atoms with Crippen molar-refractivity contribution in [3.63, 3.8) is 0 Å². The third-order valence-corrected chi connectivity index (χ3v) is 7.05. The number of anilines is 1. The van der Waals surface area contributed by atoms with Crippen LogP contribution >= 0.6 is 39.0 Å². The summed E-state index contributed by atoms with van der Waals surface area (Å²) in [6, 6.07) is 22.6. The van der Waals surface area contributed by atoms with E-state index in [1.807, 2.05) is 72.8 Å². The van der Waals surface area contributed by atoms with Gasteiger partial charge >= 0.3 is 0 Å². The molecule has 0 unspecified atom stereocenters. The smallest absolute Gasteiger partial charge is 0.248 e. The molecule has 4 nitrogen and oxygen atoms in total. The first kappa shape index (κ1) is 21.5. The van der Waals surface area contributed by atoms with E-state index >= 15 is 0 Å². The Hall–Kier alpha value is -2.74. The Morgan fingerprint density at radius 2 is 1.81 bits per heavy atom. The van der Waals surface area contributed by atoms with Crippen LogP contribution in [0.2, 0.25) is 0 Å². The molecule has 1 N–H and O–H groups in total. The zero-order valence-corrected chi connectivity index (χ0v) is 19.5. The molecule has 31 heavy (non-hydrogen) atoms. The van der Waals surface area contributed by atoms with Crippen LogP contribution in [0.4, 0.5) is 5.69 Å². The molecular formula is C24H17BrN2O2S2. The predicted octanol–water partition coefficient (Wildman–Crippen LogP) is 6.69. The zero-order valence-electron chi connectivity index (χ0n) is 16.2. The summed E-state index contributed by atoms with van der Waals surface area (Å²) in [6.07, 6.45) is 3.29. The topological polar surface area (TPSA) is 59.1 Å². The van der Waals surface area contributed by atoms with Gasteiger partial charge in [0.25, 0.3) is 0 Å². The Kier molecular flexibility index (Phi) is 6.96. The molecule has 4 rings (SSSR count). The molecule has 0 radical (unpaired) electrons. The number of aromatic nitrogens is 1. The van der Waals surface area contributed by atoms with E-state index in [-0.39, 0.29) is 11.7 Å². The molecule has 0 saturated carbocycles. The number of benzene rings is 3. The summed E-state index contributed by atoms with van der Waals surface area (Å²) in [5.74, 6) is 0.201. The number of carbonyl (C=O) groups is 2. The van der Waals surface area contributed by atoms with Gasteiger partial charge in [-0.3, -0.25) is 9.59 Å². The molecule has 0 aliphatic carbocycles. The maximum atomic E-state index is 12.4. The number of carbonyl (C=O) groups excluding carboxylic acids is 2. The Morgan fingerprint density at radius 1 is 1.03 bits per heavy atom. The number of nitrogens with one attached hydrogen (secondary N) is 1. The van der Waals surface area contributed by atoms with E-state index in [0.29, 0.717) is 17.0 Å². The van der Waals surface area contributed by atoms with Crippen molar-refractivity contribution >= 4 is 72.7 Å². The van der Waals surface area contributed by atoms with Crippen molar-refractivity contribution in [3.05, 3.63) is 94.5 Å². The number of amides is 1. The van der Waals surface area contributed by atoms with Crippen LogP contribution in [0.15, 0.2) is 87.7 Å². The van der Waals surface area contributed by atoms with Crippen molar-refractivity contribution in [2.24, 2.45) is 0 Å². The second-order valence-electron chi connectivity index (χ2n) is 6.61. The summed E-state index contributed by atoms with van der Waals surface area (Å²) in [5, 5.41) is 2.88. The van der Waals surface area contributed by atoms with Crippen LogP contribution < -0.4 is 5.32 Å². The molecule has 0 bridgehead atoms. The number of hydrogen-bond acceptors (Lipinski definition) is 5. The van der Waals surface area contributed by atoms with E-state index in [1.54, 1.807) is 6.08 Å². The van der Waals surface area contributed by atoms with Crippen LogP contribution in [-0.4, -0.2) is 22.4 Å². The second-order valence-corrected chi connectivity index (χ2v) is 9.78. The summed E-state index contributed by atoms with van der Waals surface area (Å²) >= 11 is 6.31. The van der Waals surface area contributed by atoms with Crippen LogP contribution in [0.5, 0.6) is 0 Å². The molecule has 7 heteroatoms. The fourth-order valence-electron chi connectivity index (χ4n) is 2.81. The summed E-state index contributed by atoms with van der Waals surface area (Å²) in [4.78, 5) is 29.2. The average molecular weight is 509 g/mol. The normalized spacial score (nSPS) is 11.1. The van der Waals surface area contributed by atoms with Gasteiger partial charge in [0.2, 0.25) is 5.91 Å². The van der Waals surface area contributed by atoms with Crippen molar-refractivity contribution in [2.75, 3.05) is 11.1 Å². The number of nitrogens with zero attached hydrogens (tertiary/aromatic N) is 1. The van der Waals surface area contributed by atoms with Crippen LogP contribution in [0, 0.1) is 0 Å². The van der Waals surface area contributed by atoms with Gasteiger partial charge in [-0.25, -0.2) is 4.98 Å². The highest BCUT2D eigenvalue weighted by molar-refractivity contribution is 9.10. The number of Topliss-reactive ketones (excluding diaryl/α,β-unsaturated/α-hetero) is 1. The van der Waals surface area contributed by atoms with Crippen molar-refractivity contribution in [1.29, 1.82) is 0 Å². The number of fused-ring (bicyclic) bond motifs is 1. The maximum absolute atomic E-state index is 12.4. The first-order valence-electron chi connectivity index (χ1n) is 9.43. The lowest BCUT2D eigenvalue weighted by atomic mass is 10.2. The first-order valence-corrected chi connectivity index (χ1v) is 12.0. The van der Waals surface area contributed by atoms with Gasteiger partial charge in [-0.15, -0.1) is 11.3 Å². The largest absolute Gasteiger partial charge is 0.322 e. The zero-order chi connectivity index (χ0) is 21.6. The quantitative estimate of drug-likeness (QED) is 0.171. The minimum Gasteiger partial charge on any atom is -0.322 e. The Bertz CT molecular complexity index is 1250. The number of thiazole rings is 1. The molecule has 1 heterocycles. The molecular weight excluding hydrogens is 492 g/mol. The highest BCUT2D eigenvalue weighted by atomic mass is 79.9. The van der Waals surface area contributed by atoms with E-state index in [9.17, 15) is 9.59 Å². The number of hydrogen-bond donors (Lipinski definition) is 1. The molecule has 4 aromatic rings. The number of ketones is 1. The SMILES string of the molecule is O=C(/C=C/c1ccccc1)Nc1ccc2nc(SCC(=O)c3ccc(Br)cc3)sc2c1. The van der Waals surface area contributed by atoms with Gasteiger partial charge in [-0.2, -0.15) is 0 Å². The van der Waals surface area contributed by atoms with Crippen molar-refractivity contribution < 1.29 is 9.59 Å². The number of thioether (sulfide) groups is 1. The van der Waals surface area contributed by atoms with Crippen molar-refractivity contribution in [3.8, 4) is 0 Å². The van der Waals surface area contributed by atoms with Crippen LogP contribution in [-0.2, 0) is 4.79 Å². The molecule has 0 spiro atoms. The fourth-order valence-corrected chi connectivity index (χ4v) is 5.08. The van der Waals surface area contributed by atoms with Gasteiger partial charge < -0.3 is 5.32 Å². The third kappa shape index (κ3) is 5.91. The van der Waals surface area contributed by atoms with E-state index < -0.39 is 0 Å². The van der Waals surface area contributed by atoms with E-state index in [1.165, 1.54) is 29.2 Å².